The maximum Gasteiger partial charge on any atom is 0.0449 e. The van der Waals surface area contributed by atoms with Gasteiger partial charge in [-0.25, -0.2) is 0 Å². The Hall–Kier alpha value is -0.860. The van der Waals surface area contributed by atoms with Crippen molar-refractivity contribution >= 4 is 0 Å². The highest BCUT2D eigenvalue weighted by Gasteiger charge is 2.11. The highest BCUT2D eigenvalue weighted by molar-refractivity contribution is 5.25. The molecule has 0 heterocycles. The number of nitrogens with zero attached hydrogens (tertiary/aromatic N) is 1. The summed E-state index contributed by atoms with van der Waals surface area (Å²) in [5.41, 5.74) is 2.80. The van der Waals surface area contributed by atoms with E-state index in [4.69, 9.17) is 0 Å². The van der Waals surface area contributed by atoms with Crippen LogP contribution in [-0.2, 0) is 6.42 Å². The minimum absolute atomic E-state index is 0.441. The number of hydrogen-bond acceptors (Lipinski definition) is 2. The summed E-state index contributed by atoms with van der Waals surface area (Å²) in [6, 6.07) is 9.44. The van der Waals surface area contributed by atoms with Gasteiger partial charge in [-0.2, -0.15) is 0 Å². The first-order valence-electron chi connectivity index (χ1n) is 6.64. The van der Waals surface area contributed by atoms with Gasteiger partial charge in [0.15, 0.2) is 0 Å². The zero-order valence-corrected chi connectivity index (χ0v) is 11.7. The van der Waals surface area contributed by atoms with Crippen molar-refractivity contribution in [3.05, 3.63) is 35.4 Å². The lowest BCUT2D eigenvalue weighted by Crippen LogP contribution is -2.31. The molecular formula is C15H26N2. The van der Waals surface area contributed by atoms with E-state index in [1.807, 2.05) is 0 Å². The Kier molecular flexibility index (Phi) is 6.23. The van der Waals surface area contributed by atoms with Gasteiger partial charge in [0.05, 0.1) is 0 Å². The van der Waals surface area contributed by atoms with Crippen LogP contribution in [0.2, 0.25) is 0 Å². The summed E-state index contributed by atoms with van der Waals surface area (Å²) in [6.45, 7) is 6.53. The second kappa shape index (κ2) is 7.46. The predicted octanol–water partition coefficient (Wildman–Crippen LogP) is 2.85. The first-order chi connectivity index (χ1) is 8.17. The van der Waals surface area contributed by atoms with E-state index in [1.165, 1.54) is 17.5 Å². The van der Waals surface area contributed by atoms with Gasteiger partial charge < -0.3 is 10.2 Å². The van der Waals surface area contributed by atoms with Gasteiger partial charge in [0, 0.05) is 12.6 Å². The molecule has 1 aromatic rings. The predicted molar refractivity (Wildman–Crippen MR) is 75.4 cm³/mol. The van der Waals surface area contributed by atoms with Crippen LogP contribution in [0, 0.1) is 0 Å². The molecule has 96 valence electrons. The average molecular weight is 234 g/mol. The van der Waals surface area contributed by atoms with Crippen LogP contribution in [0.5, 0.6) is 0 Å². The number of benzene rings is 1. The third kappa shape index (κ3) is 4.88. The van der Waals surface area contributed by atoms with Gasteiger partial charge in [-0.3, -0.25) is 0 Å². The molecule has 0 amide bonds. The standard InChI is InChI=1S/C15H26N2/c1-5-11-16-15(12-17(3)4)14-9-7-13(6-2)8-10-14/h7-10,15-16H,5-6,11-12H2,1-4H3. The Morgan fingerprint density at radius 3 is 2.24 bits per heavy atom. The van der Waals surface area contributed by atoms with Gasteiger partial charge in [0.25, 0.3) is 0 Å². The Bertz CT molecular complexity index is 303. The van der Waals surface area contributed by atoms with E-state index < -0.39 is 0 Å². The van der Waals surface area contributed by atoms with Crippen LogP contribution in [0.25, 0.3) is 0 Å². The fourth-order valence-electron chi connectivity index (χ4n) is 1.96. The molecule has 1 atom stereocenters. The number of likely N-dealkylation sites (N-methyl/N-ethyl adjacent to an activating group) is 1. The third-order valence-corrected chi connectivity index (χ3v) is 2.98. The maximum atomic E-state index is 3.61. The summed E-state index contributed by atoms with van der Waals surface area (Å²) >= 11 is 0. The molecule has 0 spiro atoms. The van der Waals surface area contributed by atoms with Crippen molar-refractivity contribution in [1.29, 1.82) is 0 Å². The molecule has 1 unspecified atom stereocenters. The van der Waals surface area contributed by atoms with Crippen LogP contribution in [-0.4, -0.2) is 32.1 Å². The normalized spacial score (nSPS) is 13.0. The molecule has 0 saturated heterocycles. The number of nitrogens with one attached hydrogen (secondary N) is 1. The third-order valence-electron chi connectivity index (χ3n) is 2.98. The zero-order chi connectivity index (χ0) is 12.7. The minimum atomic E-state index is 0.441. The first kappa shape index (κ1) is 14.2. The average Bonchev–Trinajstić information content (AvgIpc) is 2.34. The lowest BCUT2D eigenvalue weighted by molar-refractivity contribution is 0.342. The topological polar surface area (TPSA) is 15.3 Å². The molecule has 0 radical (unpaired) electrons. The molecule has 1 aromatic carbocycles. The van der Waals surface area contributed by atoms with E-state index in [0.29, 0.717) is 6.04 Å². The largest absolute Gasteiger partial charge is 0.309 e. The second-order valence-electron chi connectivity index (χ2n) is 4.86. The van der Waals surface area contributed by atoms with Gasteiger partial charge in [-0.15, -0.1) is 0 Å². The SMILES string of the molecule is CCCNC(CN(C)C)c1ccc(CC)cc1. The Morgan fingerprint density at radius 1 is 1.12 bits per heavy atom. The van der Waals surface area contributed by atoms with Crippen molar-refractivity contribution in [1.82, 2.24) is 10.2 Å². The molecule has 0 aliphatic rings. The molecule has 0 fully saturated rings. The van der Waals surface area contributed by atoms with E-state index in [2.05, 4.69) is 62.4 Å². The van der Waals surface area contributed by atoms with Crippen molar-refractivity contribution in [3.63, 3.8) is 0 Å². The zero-order valence-electron chi connectivity index (χ0n) is 11.7. The summed E-state index contributed by atoms with van der Waals surface area (Å²) in [7, 11) is 4.25. The Morgan fingerprint density at radius 2 is 1.76 bits per heavy atom. The van der Waals surface area contributed by atoms with Crippen molar-refractivity contribution in [2.45, 2.75) is 32.7 Å². The molecule has 0 aliphatic carbocycles. The molecular weight excluding hydrogens is 208 g/mol. The van der Waals surface area contributed by atoms with Crippen LogP contribution in [0.1, 0.15) is 37.4 Å². The van der Waals surface area contributed by atoms with E-state index in [1.54, 1.807) is 0 Å². The lowest BCUT2D eigenvalue weighted by atomic mass is 10.0. The second-order valence-corrected chi connectivity index (χ2v) is 4.86. The fourth-order valence-corrected chi connectivity index (χ4v) is 1.96. The van der Waals surface area contributed by atoms with Gasteiger partial charge in [-0.05, 0) is 44.6 Å². The monoisotopic (exact) mass is 234 g/mol. The van der Waals surface area contributed by atoms with Crippen molar-refractivity contribution in [3.8, 4) is 0 Å². The fraction of sp³-hybridized carbons (Fsp3) is 0.600. The maximum absolute atomic E-state index is 3.61. The lowest BCUT2D eigenvalue weighted by Gasteiger charge is -2.23. The summed E-state index contributed by atoms with van der Waals surface area (Å²) in [5.74, 6) is 0. The molecule has 0 aromatic heterocycles. The Balaban J connectivity index is 2.72. The van der Waals surface area contributed by atoms with Crippen LogP contribution in [0.3, 0.4) is 0 Å². The van der Waals surface area contributed by atoms with E-state index in [-0.39, 0.29) is 0 Å². The Labute approximate surface area is 106 Å². The molecule has 2 heteroatoms. The van der Waals surface area contributed by atoms with E-state index >= 15 is 0 Å². The molecule has 1 rings (SSSR count). The highest BCUT2D eigenvalue weighted by Crippen LogP contribution is 2.15. The highest BCUT2D eigenvalue weighted by atomic mass is 15.1. The van der Waals surface area contributed by atoms with Gasteiger partial charge >= 0.3 is 0 Å². The summed E-state index contributed by atoms with van der Waals surface area (Å²) in [4.78, 5) is 2.24. The molecule has 2 nitrogen and oxygen atoms in total. The summed E-state index contributed by atoms with van der Waals surface area (Å²) in [6.07, 6.45) is 2.29. The van der Waals surface area contributed by atoms with Crippen LogP contribution in [0.15, 0.2) is 24.3 Å². The molecule has 0 aliphatic heterocycles. The minimum Gasteiger partial charge on any atom is -0.309 e. The molecule has 0 bridgehead atoms. The molecule has 0 saturated carbocycles. The van der Waals surface area contributed by atoms with Crippen LogP contribution >= 0.6 is 0 Å². The molecule has 17 heavy (non-hydrogen) atoms. The van der Waals surface area contributed by atoms with E-state index in [0.717, 1.165) is 19.5 Å². The number of hydrogen-bond donors (Lipinski definition) is 1. The summed E-state index contributed by atoms with van der Waals surface area (Å²) in [5, 5.41) is 3.61. The molecule has 1 N–H and O–H groups in total. The van der Waals surface area contributed by atoms with Gasteiger partial charge in [0.2, 0.25) is 0 Å². The van der Waals surface area contributed by atoms with Crippen molar-refractivity contribution < 1.29 is 0 Å². The quantitative estimate of drug-likeness (QED) is 0.780. The van der Waals surface area contributed by atoms with Crippen LogP contribution < -0.4 is 5.32 Å². The van der Waals surface area contributed by atoms with Gasteiger partial charge in [-0.1, -0.05) is 38.1 Å². The smallest absolute Gasteiger partial charge is 0.0449 e. The van der Waals surface area contributed by atoms with Gasteiger partial charge in [0.1, 0.15) is 0 Å². The number of rotatable bonds is 7. The summed E-state index contributed by atoms with van der Waals surface area (Å²) < 4.78 is 0. The van der Waals surface area contributed by atoms with Crippen LogP contribution in [0.4, 0.5) is 0 Å². The van der Waals surface area contributed by atoms with Crippen molar-refractivity contribution in [2.24, 2.45) is 0 Å². The van der Waals surface area contributed by atoms with Crippen molar-refractivity contribution in [2.75, 3.05) is 27.2 Å². The first-order valence-corrected chi connectivity index (χ1v) is 6.64. The number of aryl methyl sites for hydroxylation is 1. The van der Waals surface area contributed by atoms with E-state index in [9.17, 15) is 0 Å².